The van der Waals surface area contributed by atoms with E-state index in [0.29, 0.717) is 32.0 Å². The number of nitrogens with one attached hydrogen (secondary N) is 1. The molecule has 9 heteroatoms. The van der Waals surface area contributed by atoms with Crippen LogP contribution in [0.2, 0.25) is 0 Å². The van der Waals surface area contributed by atoms with Gasteiger partial charge < -0.3 is 24.3 Å². The SMILES string of the molecule is C[C@@H]([C@H](Oc1ccc2c(cnn2-c2cccc(C(=O)N[C@@H]3CCOC3)c2)c1)c1ccc2c(c1)OCCO2)N(Cc1ccccc1)Cc1ccccc1. The highest BCUT2D eigenvalue weighted by Crippen LogP contribution is 2.37. The maximum absolute atomic E-state index is 13.0. The molecular formula is C43H42N4O5. The predicted molar refractivity (Wildman–Crippen MR) is 200 cm³/mol. The second kappa shape index (κ2) is 15.3. The molecule has 6 aromatic rings. The van der Waals surface area contributed by atoms with Crippen molar-refractivity contribution in [2.45, 2.75) is 44.6 Å². The first-order valence-electron chi connectivity index (χ1n) is 17.9. The number of hydrogen-bond acceptors (Lipinski definition) is 7. The summed E-state index contributed by atoms with van der Waals surface area (Å²) in [6.07, 6.45) is 2.31. The third kappa shape index (κ3) is 7.51. The number of benzene rings is 5. The summed E-state index contributed by atoms with van der Waals surface area (Å²) in [5, 5.41) is 8.73. The predicted octanol–water partition coefficient (Wildman–Crippen LogP) is 7.53. The Bertz CT molecular complexity index is 2090. The van der Waals surface area contributed by atoms with E-state index in [1.807, 2.05) is 71.5 Å². The number of fused-ring (bicyclic) bond motifs is 2. The van der Waals surface area contributed by atoms with E-state index < -0.39 is 0 Å². The van der Waals surface area contributed by atoms with Crippen molar-refractivity contribution < 1.29 is 23.7 Å². The minimum absolute atomic E-state index is 0.0394. The zero-order chi connectivity index (χ0) is 35.3. The molecule has 264 valence electrons. The van der Waals surface area contributed by atoms with E-state index in [4.69, 9.17) is 24.0 Å². The minimum atomic E-state index is -0.351. The molecule has 1 amide bonds. The number of amides is 1. The highest BCUT2D eigenvalue weighted by Gasteiger charge is 2.29. The summed E-state index contributed by atoms with van der Waals surface area (Å²) in [7, 11) is 0. The summed E-state index contributed by atoms with van der Waals surface area (Å²) in [6, 6.07) is 40.8. The lowest BCUT2D eigenvalue weighted by atomic mass is 9.99. The summed E-state index contributed by atoms with van der Waals surface area (Å²) in [5.74, 6) is 2.09. The molecule has 0 saturated carbocycles. The maximum atomic E-state index is 13.0. The number of rotatable bonds is 12. The van der Waals surface area contributed by atoms with Crippen LogP contribution in [0.15, 0.2) is 128 Å². The topological polar surface area (TPSA) is 87.1 Å². The van der Waals surface area contributed by atoms with E-state index in [1.165, 1.54) is 11.1 Å². The monoisotopic (exact) mass is 694 g/mol. The van der Waals surface area contributed by atoms with Crippen LogP contribution >= 0.6 is 0 Å². The molecule has 1 fully saturated rings. The Hall–Kier alpha value is -5.64. The fraction of sp³-hybridized carbons (Fsp3) is 0.256. The van der Waals surface area contributed by atoms with Crippen molar-refractivity contribution in [1.82, 2.24) is 20.0 Å². The van der Waals surface area contributed by atoms with Gasteiger partial charge in [0.05, 0.1) is 30.0 Å². The van der Waals surface area contributed by atoms with Crippen molar-refractivity contribution in [2.24, 2.45) is 0 Å². The smallest absolute Gasteiger partial charge is 0.251 e. The van der Waals surface area contributed by atoms with Gasteiger partial charge in [-0.05, 0) is 78.6 Å². The van der Waals surface area contributed by atoms with E-state index in [9.17, 15) is 4.79 Å². The van der Waals surface area contributed by atoms with Crippen LogP contribution in [0.5, 0.6) is 17.2 Å². The van der Waals surface area contributed by atoms with Gasteiger partial charge in [0.2, 0.25) is 0 Å². The molecule has 1 saturated heterocycles. The van der Waals surface area contributed by atoms with Gasteiger partial charge in [0, 0.05) is 36.7 Å². The molecule has 52 heavy (non-hydrogen) atoms. The number of aromatic nitrogens is 2. The van der Waals surface area contributed by atoms with Crippen molar-refractivity contribution in [2.75, 3.05) is 26.4 Å². The van der Waals surface area contributed by atoms with Crippen molar-refractivity contribution in [3.05, 3.63) is 150 Å². The van der Waals surface area contributed by atoms with E-state index in [0.717, 1.165) is 58.9 Å². The highest BCUT2D eigenvalue weighted by atomic mass is 16.6. The van der Waals surface area contributed by atoms with Crippen LogP contribution in [0, 0.1) is 0 Å². The molecule has 3 heterocycles. The molecule has 0 unspecified atom stereocenters. The lowest BCUT2D eigenvalue weighted by molar-refractivity contribution is 0.0648. The minimum Gasteiger partial charge on any atom is -0.486 e. The lowest BCUT2D eigenvalue weighted by Gasteiger charge is -2.36. The second-order valence-electron chi connectivity index (χ2n) is 13.4. The highest BCUT2D eigenvalue weighted by molar-refractivity contribution is 5.95. The average molecular weight is 695 g/mol. The van der Waals surface area contributed by atoms with Crippen LogP contribution in [0.4, 0.5) is 0 Å². The van der Waals surface area contributed by atoms with Crippen LogP contribution in [-0.2, 0) is 17.8 Å². The van der Waals surface area contributed by atoms with E-state index in [1.54, 1.807) is 0 Å². The first-order chi connectivity index (χ1) is 25.6. The fourth-order valence-electron chi connectivity index (χ4n) is 6.99. The van der Waals surface area contributed by atoms with Crippen LogP contribution in [0.25, 0.3) is 16.6 Å². The summed E-state index contributed by atoms with van der Waals surface area (Å²) in [6.45, 7) is 5.99. The van der Waals surface area contributed by atoms with Gasteiger partial charge >= 0.3 is 0 Å². The molecular weight excluding hydrogens is 652 g/mol. The number of carbonyl (C=O) groups is 1. The molecule has 2 aliphatic rings. The van der Waals surface area contributed by atoms with E-state index in [2.05, 4.69) is 77.8 Å². The Morgan fingerprint density at radius 2 is 1.60 bits per heavy atom. The van der Waals surface area contributed by atoms with Crippen molar-refractivity contribution in [3.63, 3.8) is 0 Å². The fourth-order valence-corrected chi connectivity index (χ4v) is 6.99. The number of carbonyl (C=O) groups excluding carboxylic acids is 1. The van der Waals surface area contributed by atoms with Gasteiger partial charge in [-0.25, -0.2) is 4.68 Å². The zero-order valence-corrected chi connectivity index (χ0v) is 29.2. The van der Waals surface area contributed by atoms with Gasteiger partial charge in [0.25, 0.3) is 5.91 Å². The quantitative estimate of drug-likeness (QED) is 0.142. The van der Waals surface area contributed by atoms with Crippen LogP contribution < -0.4 is 19.5 Å². The molecule has 8 rings (SSSR count). The Kier molecular flexibility index (Phi) is 9.86. The van der Waals surface area contributed by atoms with E-state index >= 15 is 0 Å². The first kappa shape index (κ1) is 33.5. The molecule has 0 bridgehead atoms. The molecule has 1 N–H and O–H groups in total. The van der Waals surface area contributed by atoms with Gasteiger partial charge in [-0.1, -0.05) is 72.8 Å². The Labute approximate surface area is 303 Å². The summed E-state index contributed by atoms with van der Waals surface area (Å²) < 4.78 is 26.2. The van der Waals surface area contributed by atoms with Gasteiger partial charge in [-0.15, -0.1) is 0 Å². The summed E-state index contributed by atoms with van der Waals surface area (Å²) >= 11 is 0. The average Bonchev–Trinajstić information content (AvgIpc) is 3.87. The van der Waals surface area contributed by atoms with Gasteiger partial charge in [0.15, 0.2) is 11.5 Å². The third-order valence-electron chi connectivity index (χ3n) is 9.79. The van der Waals surface area contributed by atoms with Crippen molar-refractivity contribution in [1.29, 1.82) is 0 Å². The molecule has 3 atom stereocenters. The number of hydrogen-bond donors (Lipinski definition) is 1. The summed E-state index contributed by atoms with van der Waals surface area (Å²) in [5.41, 5.74) is 5.76. The standard InChI is InChI=1S/C43H42N4O5/c1-30(46(27-31-9-4-2-5-10-31)28-32-11-6-3-7-12-32)42(33-15-18-40-41(25-33)51-22-21-50-40)52-38-16-17-39-35(24-38)26-44-47(39)37-14-8-13-34(23-37)43(48)45-36-19-20-49-29-36/h2-18,23-26,30,36,42H,19-22,27-29H2,1H3,(H,45,48)/t30-,36+,42-/m0/s1. The van der Waals surface area contributed by atoms with E-state index in [-0.39, 0.29) is 24.1 Å². The normalized spacial score (nSPS) is 16.5. The Morgan fingerprint density at radius 3 is 2.33 bits per heavy atom. The molecule has 2 aliphatic heterocycles. The molecule has 5 aromatic carbocycles. The molecule has 1 aromatic heterocycles. The number of ether oxygens (including phenoxy) is 4. The zero-order valence-electron chi connectivity index (χ0n) is 29.2. The largest absolute Gasteiger partial charge is 0.486 e. The molecule has 9 nitrogen and oxygen atoms in total. The Morgan fingerprint density at radius 1 is 0.846 bits per heavy atom. The molecule has 0 spiro atoms. The van der Waals surface area contributed by atoms with Crippen molar-refractivity contribution >= 4 is 16.8 Å². The number of nitrogens with zero attached hydrogens (tertiary/aromatic N) is 3. The molecule has 0 aliphatic carbocycles. The molecule has 0 radical (unpaired) electrons. The van der Waals surface area contributed by atoms with Gasteiger partial charge in [0.1, 0.15) is 25.1 Å². The Balaban J connectivity index is 1.10. The summed E-state index contributed by atoms with van der Waals surface area (Å²) in [4.78, 5) is 15.5. The van der Waals surface area contributed by atoms with Crippen LogP contribution in [-0.4, -0.2) is 59.1 Å². The van der Waals surface area contributed by atoms with Crippen LogP contribution in [0.3, 0.4) is 0 Å². The lowest BCUT2D eigenvalue weighted by Crippen LogP contribution is -2.39. The van der Waals surface area contributed by atoms with Crippen molar-refractivity contribution in [3.8, 4) is 22.9 Å². The van der Waals surface area contributed by atoms with Gasteiger partial charge in [-0.3, -0.25) is 9.69 Å². The second-order valence-corrected chi connectivity index (χ2v) is 13.4. The maximum Gasteiger partial charge on any atom is 0.251 e. The first-order valence-corrected chi connectivity index (χ1v) is 17.9. The van der Waals surface area contributed by atoms with Gasteiger partial charge in [-0.2, -0.15) is 5.10 Å². The van der Waals surface area contributed by atoms with Crippen LogP contribution in [0.1, 0.15) is 46.5 Å². The third-order valence-corrected chi connectivity index (χ3v) is 9.79.